The van der Waals surface area contributed by atoms with Crippen LogP contribution in [-0.2, 0) is 6.42 Å². The number of aryl methyl sites for hydroxylation is 1. The largest absolute Gasteiger partial charge is 0.356 e. The molecule has 0 aliphatic carbocycles. The fraction of sp³-hybridized carbons (Fsp3) is 0.400. The highest BCUT2D eigenvalue weighted by Crippen LogP contribution is 2.43. The molecule has 6 heteroatoms. The molecule has 26 heavy (non-hydrogen) atoms. The fourth-order valence-electron chi connectivity index (χ4n) is 3.69. The number of anilines is 1. The van der Waals surface area contributed by atoms with Crippen LogP contribution >= 0.6 is 38.9 Å². The number of hydrogen-bond donors (Lipinski definition) is 0. The molecule has 1 aliphatic rings. The molecule has 0 spiro atoms. The van der Waals surface area contributed by atoms with E-state index >= 15 is 0 Å². The molecular weight excluding hydrogens is 430 g/mol. The van der Waals surface area contributed by atoms with Gasteiger partial charge in [0.15, 0.2) is 0 Å². The number of thiophene rings is 1. The summed E-state index contributed by atoms with van der Waals surface area (Å²) in [7, 11) is 0. The van der Waals surface area contributed by atoms with Gasteiger partial charge in [-0.2, -0.15) is 4.98 Å². The van der Waals surface area contributed by atoms with E-state index in [2.05, 4.69) is 57.0 Å². The van der Waals surface area contributed by atoms with Crippen molar-refractivity contribution in [2.75, 3.05) is 18.0 Å². The summed E-state index contributed by atoms with van der Waals surface area (Å²) in [6.07, 6.45) is 5.98. The second-order valence-corrected chi connectivity index (χ2v) is 9.00. The topological polar surface area (TPSA) is 29.0 Å². The van der Waals surface area contributed by atoms with Crippen molar-refractivity contribution in [3.8, 4) is 11.1 Å². The van der Waals surface area contributed by atoms with E-state index in [4.69, 9.17) is 16.6 Å². The van der Waals surface area contributed by atoms with Crippen LogP contribution in [0.3, 0.4) is 0 Å². The maximum atomic E-state index is 6.31. The van der Waals surface area contributed by atoms with E-state index in [0.29, 0.717) is 5.28 Å². The zero-order valence-corrected chi connectivity index (χ0v) is 17.9. The normalized spacial score (nSPS) is 15.4. The molecule has 0 radical (unpaired) electrons. The van der Waals surface area contributed by atoms with Crippen molar-refractivity contribution in [3.63, 3.8) is 0 Å². The van der Waals surface area contributed by atoms with Crippen molar-refractivity contribution < 1.29 is 0 Å². The van der Waals surface area contributed by atoms with Gasteiger partial charge in [0.25, 0.3) is 0 Å². The summed E-state index contributed by atoms with van der Waals surface area (Å²) < 4.78 is 1.09. The predicted octanol–water partition coefficient (Wildman–Crippen LogP) is 6.72. The molecule has 3 heterocycles. The first kappa shape index (κ1) is 18.2. The van der Waals surface area contributed by atoms with Crippen molar-refractivity contribution in [1.29, 1.82) is 0 Å². The van der Waals surface area contributed by atoms with E-state index in [-0.39, 0.29) is 0 Å². The first-order valence-corrected chi connectivity index (χ1v) is 11.2. The van der Waals surface area contributed by atoms with Crippen LogP contribution in [0.2, 0.25) is 5.28 Å². The van der Waals surface area contributed by atoms with Gasteiger partial charge in [-0.05, 0) is 48.6 Å². The van der Waals surface area contributed by atoms with Crippen LogP contribution in [0, 0.1) is 0 Å². The molecule has 136 valence electrons. The molecule has 0 atom stereocenters. The lowest BCUT2D eigenvalue weighted by atomic mass is 10.0. The Morgan fingerprint density at radius 2 is 1.77 bits per heavy atom. The Balaban J connectivity index is 1.96. The molecule has 4 rings (SSSR count). The van der Waals surface area contributed by atoms with Crippen LogP contribution in [0.1, 0.15) is 37.5 Å². The summed E-state index contributed by atoms with van der Waals surface area (Å²) >= 11 is 11.6. The number of benzene rings is 1. The number of fused-ring (bicyclic) bond motifs is 1. The fourth-order valence-corrected chi connectivity index (χ4v) is 5.29. The quantitative estimate of drug-likeness (QED) is 0.415. The zero-order chi connectivity index (χ0) is 18.1. The smallest absolute Gasteiger partial charge is 0.225 e. The lowest BCUT2D eigenvalue weighted by Crippen LogP contribution is -2.25. The van der Waals surface area contributed by atoms with E-state index in [1.807, 2.05) is 0 Å². The van der Waals surface area contributed by atoms with Gasteiger partial charge in [-0.1, -0.05) is 47.8 Å². The van der Waals surface area contributed by atoms with Crippen molar-refractivity contribution in [3.05, 3.63) is 38.9 Å². The Morgan fingerprint density at radius 3 is 2.42 bits per heavy atom. The minimum atomic E-state index is 0.350. The molecule has 3 aromatic rings. The van der Waals surface area contributed by atoms with Gasteiger partial charge in [-0.15, -0.1) is 11.3 Å². The zero-order valence-electron chi connectivity index (χ0n) is 14.8. The van der Waals surface area contributed by atoms with Crippen LogP contribution in [0.25, 0.3) is 21.3 Å². The summed E-state index contributed by atoms with van der Waals surface area (Å²) in [6.45, 7) is 4.28. The summed E-state index contributed by atoms with van der Waals surface area (Å²) in [5, 5.41) is 1.52. The molecule has 1 aromatic carbocycles. The summed E-state index contributed by atoms with van der Waals surface area (Å²) in [4.78, 5) is 14.0. The minimum absolute atomic E-state index is 0.350. The molecule has 0 unspecified atom stereocenters. The first-order chi connectivity index (χ1) is 12.7. The van der Waals surface area contributed by atoms with Gasteiger partial charge in [0.2, 0.25) is 5.28 Å². The van der Waals surface area contributed by atoms with Crippen molar-refractivity contribution in [2.45, 2.75) is 39.0 Å². The third-order valence-corrected chi connectivity index (χ3v) is 6.86. The lowest BCUT2D eigenvalue weighted by molar-refractivity contribution is 0.726. The number of nitrogens with zero attached hydrogens (tertiary/aromatic N) is 3. The standard InChI is InChI=1S/C20H21BrClN3S/c1-2-15-16(13-7-9-14(21)10-8-13)17-18(23-20(22)24-19(17)26-15)25-11-5-3-4-6-12-25/h7-10H,2-6,11-12H2,1H3. The second kappa shape index (κ2) is 7.83. The third kappa shape index (κ3) is 3.49. The number of rotatable bonds is 3. The number of hydrogen-bond acceptors (Lipinski definition) is 4. The highest BCUT2D eigenvalue weighted by molar-refractivity contribution is 9.10. The van der Waals surface area contributed by atoms with Gasteiger partial charge >= 0.3 is 0 Å². The van der Waals surface area contributed by atoms with E-state index < -0.39 is 0 Å². The number of aromatic nitrogens is 2. The van der Waals surface area contributed by atoms with Crippen LogP contribution in [-0.4, -0.2) is 23.1 Å². The molecule has 1 fully saturated rings. The lowest BCUT2D eigenvalue weighted by Gasteiger charge is -2.23. The maximum absolute atomic E-state index is 6.31. The van der Waals surface area contributed by atoms with Gasteiger partial charge in [-0.25, -0.2) is 4.98 Å². The molecule has 1 saturated heterocycles. The van der Waals surface area contributed by atoms with Gasteiger partial charge in [0.1, 0.15) is 10.6 Å². The van der Waals surface area contributed by atoms with E-state index in [1.54, 1.807) is 11.3 Å². The van der Waals surface area contributed by atoms with Crippen molar-refractivity contribution in [1.82, 2.24) is 9.97 Å². The van der Waals surface area contributed by atoms with Gasteiger partial charge in [-0.3, -0.25) is 0 Å². The van der Waals surface area contributed by atoms with Crippen LogP contribution in [0.15, 0.2) is 28.7 Å². The van der Waals surface area contributed by atoms with Gasteiger partial charge < -0.3 is 4.90 Å². The summed E-state index contributed by atoms with van der Waals surface area (Å²) in [5.74, 6) is 1.01. The average molecular weight is 451 g/mol. The summed E-state index contributed by atoms with van der Waals surface area (Å²) in [6, 6.07) is 8.54. The summed E-state index contributed by atoms with van der Waals surface area (Å²) in [5.41, 5.74) is 2.49. The minimum Gasteiger partial charge on any atom is -0.356 e. The molecule has 0 amide bonds. The van der Waals surface area contributed by atoms with Gasteiger partial charge in [0, 0.05) is 28.0 Å². The molecular formula is C20H21BrClN3S. The SMILES string of the molecule is CCc1sc2nc(Cl)nc(N3CCCCCC3)c2c1-c1ccc(Br)cc1. The first-order valence-electron chi connectivity index (χ1n) is 9.17. The highest BCUT2D eigenvalue weighted by Gasteiger charge is 2.23. The molecule has 2 aromatic heterocycles. The third-order valence-electron chi connectivity index (χ3n) is 4.94. The average Bonchev–Trinajstić information content (AvgIpc) is 2.81. The van der Waals surface area contributed by atoms with Crippen LogP contribution < -0.4 is 4.90 Å². The Morgan fingerprint density at radius 1 is 1.08 bits per heavy atom. The predicted molar refractivity (Wildman–Crippen MR) is 116 cm³/mol. The Labute approximate surface area is 171 Å². The van der Waals surface area contributed by atoms with E-state index in [0.717, 1.165) is 34.6 Å². The van der Waals surface area contributed by atoms with E-state index in [1.165, 1.54) is 47.1 Å². The monoisotopic (exact) mass is 449 g/mol. The number of halogens is 2. The Bertz CT molecular complexity index is 915. The molecule has 3 nitrogen and oxygen atoms in total. The molecule has 1 aliphatic heterocycles. The Hall–Kier alpha value is -1.17. The second-order valence-electron chi connectivity index (χ2n) is 6.66. The van der Waals surface area contributed by atoms with E-state index in [9.17, 15) is 0 Å². The molecule has 0 N–H and O–H groups in total. The van der Waals surface area contributed by atoms with Crippen LogP contribution in [0.5, 0.6) is 0 Å². The molecule has 0 saturated carbocycles. The highest BCUT2D eigenvalue weighted by atomic mass is 79.9. The van der Waals surface area contributed by atoms with Crippen molar-refractivity contribution in [2.24, 2.45) is 0 Å². The maximum Gasteiger partial charge on any atom is 0.225 e. The van der Waals surface area contributed by atoms with Crippen molar-refractivity contribution >= 4 is 54.9 Å². The Kier molecular flexibility index (Phi) is 5.48. The van der Waals surface area contributed by atoms with Crippen LogP contribution in [0.4, 0.5) is 5.82 Å². The van der Waals surface area contributed by atoms with Gasteiger partial charge in [0.05, 0.1) is 5.39 Å². The molecule has 0 bridgehead atoms.